The van der Waals surface area contributed by atoms with Crippen molar-refractivity contribution in [2.45, 2.75) is 103 Å². The number of amides is 3. The number of benzene rings is 8. The number of aromatic nitrogens is 1. The van der Waals surface area contributed by atoms with Gasteiger partial charge in [-0.3, -0.25) is 14.4 Å². The number of thiazole rings is 1. The summed E-state index contributed by atoms with van der Waals surface area (Å²) in [5.74, 6) is -0.353. The highest BCUT2D eigenvalue weighted by Crippen LogP contribution is 2.37. The standard InChI is InChI=1S/C26H22N2O3S2.C25H23N3O4S2.C24H26N2O3S2/c29-26(27-23-14-7-6-13-22(23)19-9-2-1-3-10-19)24-17-20-11-4-5-12-21(20)18-28(24)33(30,31)25-15-8-16-32-25;1-16-7-10-20(11-8-16)34(30,31)28-15-18-6-4-3-5-17(18)13-22(28)24(29)27-25-26-21-12-9-19(32-2)14-23(21)33-25;1-2-3-7-18-11-13-21(14-12-18)25-24(27)22-16-19-8-4-5-9-20(19)17-26(22)31(28,29)23-10-6-15-30-23/h1-16,24H,17-18H2,(H,27,29);3-12,14,22H,13,15H2,1-2H3,(H,26,27,29);4-6,8-15,22H,2-3,7,16-17H2,1H3,(H,25,27). The lowest BCUT2D eigenvalue weighted by Crippen LogP contribution is -2.50. The number of aryl methyl sites for hydroxylation is 2. The number of methoxy groups -OCH3 is 1. The lowest BCUT2D eigenvalue weighted by atomic mass is 9.95. The number of unbranched alkanes of at least 4 members (excludes halogenated alkanes) is 1. The third-order valence-electron chi connectivity index (χ3n) is 17.4. The number of thiophene rings is 2. The van der Waals surface area contributed by atoms with Crippen LogP contribution in [0, 0.1) is 6.92 Å². The second kappa shape index (κ2) is 30.4. The Hall–Kier alpha value is -9.01. The van der Waals surface area contributed by atoms with Gasteiger partial charge in [-0.1, -0.05) is 188 Å². The molecule has 3 unspecified atom stereocenters. The van der Waals surface area contributed by atoms with E-state index in [0.29, 0.717) is 35.1 Å². The fourth-order valence-electron chi connectivity index (χ4n) is 12.1. The van der Waals surface area contributed by atoms with Crippen molar-refractivity contribution in [3.63, 3.8) is 0 Å². The van der Waals surface area contributed by atoms with Gasteiger partial charge in [-0.2, -0.15) is 12.9 Å². The van der Waals surface area contributed by atoms with E-state index in [1.807, 2.05) is 177 Å². The van der Waals surface area contributed by atoms with Crippen molar-refractivity contribution in [3.8, 4) is 16.9 Å². The molecule has 8 aromatic carbocycles. The third-order valence-corrected chi connectivity index (χ3v) is 26.7. The van der Waals surface area contributed by atoms with Crippen LogP contribution in [0.2, 0.25) is 0 Å². The molecule has 3 aliphatic heterocycles. The molecule has 0 aliphatic carbocycles. The number of para-hydroxylation sites is 1. The monoisotopic (exact) mass is 1420 g/mol. The van der Waals surface area contributed by atoms with Gasteiger partial charge in [0.2, 0.25) is 27.7 Å². The van der Waals surface area contributed by atoms with E-state index in [-0.39, 0.29) is 51.2 Å². The first-order valence-electron chi connectivity index (χ1n) is 31.9. The smallest absolute Gasteiger partial charge is 0.253 e. The van der Waals surface area contributed by atoms with Crippen molar-refractivity contribution in [1.29, 1.82) is 0 Å². The van der Waals surface area contributed by atoms with E-state index in [2.05, 4.69) is 27.9 Å². The highest BCUT2D eigenvalue weighted by Gasteiger charge is 2.43. The molecule has 3 N–H and O–H groups in total. The zero-order chi connectivity index (χ0) is 68.6. The Morgan fingerprint density at radius 1 is 0.510 bits per heavy atom. The number of ether oxygens (including phenoxy) is 1. The number of hydrogen-bond donors (Lipinski definition) is 3. The predicted molar refractivity (Wildman–Crippen MR) is 389 cm³/mol. The largest absolute Gasteiger partial charge is 0.497 e. The van der Waals surface area contributed by atoms with Crippen molar-refractivity contribution < 1.29 is 44.4 Å². The number of nitrogens with zero attached hydrogens (tertiary/aromatic N) is 4. The Bertz CT molecular complexity index is 5000. The van der Waals surface area contributed by atoms with E-state index >= 15 is 0 Å². The minimum atomic E-state index is -3.90. The maximum absolute atomic E-state index is 13.6. The molecule has 3 aromatic heterocycles. The van der Waals surface area contributed by atoms with Crippen molar-refractivity contribution >= 4 is 109 Å². The summed E-state index contributed by atoms with van der Waals surface area (Å²) < 4.78 is 91.4. The maximum Gasteiger partial charge on any atom is 0.253 e. The summed E-state index contributed by atoms with van der Waals surface area (Å²) in [5.41, 5.74) is 11.8. The van der Waals surface area contributed by atoms with Gasteiger partial charge in [0.25, 0.3) is 20.0 Å². The number of rotatable bonds is 17. The highest BCUT2D eigenvalue weighted by atomic mass is 32.3. The molecule has 11 aromatic rings. The van der Waals surface area contributed by atoms with Gasteiger partial charge in [0.15, 0.2) is 5.13 Å². The first-order chi connectivity index (χ1) is 47.4. The zero-order valence-corrected chi connectivity index (χ0v) is 58.8. The van der Waals surface area contributed by atoms with E-state index in [1.54, 1.807) is 66.4 Å². The topological polar surface area (TPSA) is 222 Å². The molecule has 0 saturated carbocycles. The molecule has 0 saturated heterocycles. The quantitative estimate of drug-likeness (QED) is 0.0778. The van der Waals surface area contributed by atoms with Gasteiger partial charge in [-0.05, 0) is 155 Å². The summed E-state index contributed by atoms with van der Waals surface area (Å²) >= 11 is 3.65. The minimum absolute atomic E-state index is 0.127. The van der Waals surface area contributed by atoms with Gasteiger partial charge >= 0.3 is 0 Å². The number of carbonyl (C=O) groups excluding carboxylic acids is 3. The second-order valence-corrected chi connectivity index (χ2v) is 32.9. The lowest BCUT2D eigenvalue weighted by molar-refractivity contribution is -0.120. The molecule has 17 nitrogen and oxygen atoms in total. The molecule has 0 fully saturated rings. The minimum Gasteiger partial charge on any atom is -0.497 e. The summed E-state index contributed by atoms with van der Waals surface area (Å²) in [4.78, 5) is 44.9. The van der Waals surface area contributed by atoms with E-state index in [4.69, 9.17) is 4.74 Å². The van der Waals surface area contributed by atoms with Crippen LogP contribution in [-0.2, 0) is 89.8 Å². The van der Waals surface area contributed by atoms with E-state index in [9.17, 15) is 39.6 Å². The average molecular weight is 1420 g/mol. The van der Waals surface area contributed by atoms with Crippen LogP contribution in [-0.4, -0.2) is 86.1 Å². The van der Waals surface area contributed by atoms with Crippen LogP contribution in [0.15, 0.2) is 242 Å². The van der Waals surface area contributed by atoms with Gasteiger partial charge in [-0.25, -0.2) is 30.2 Å². The zero-order valence-electron chi connectivity index (χ0n) is 53.9. The molecule has 3 amide bonds. The van der Waals surface area contributed by atoms with Gasteiger partial charge in [0, 0.05) is 36.6 Å². The molecule has 0 spiro atoms. The number of hydrogen-bond acceptors (Lipinski definition) is 14. The molecule has 0 bridgehead atoms. The second-order valence-electron chi connectivity index (χ2n) is 23.8. The van der Waals surface area contributed by atoms with Crippen LogP contribution in [0.4, 0.5) is 16.5 Å². The molecule has 0 radical (unpaired) electrons. The van der Waals surface area contributed by atoms with Crippen LogP contribution >= 0.6 is 34.0 Å². The number of anilines is 3. The number of fused-ring (bicyclic) bond motifs is 4. The van der Waals surface area contributed by atoms with Crippen molar-refractivity contribution in [3.05, 3.63) is 274 Å². The van der Waals surface area contributed by atoms with Crippen molar-refractivity contribution in [2.75, 3.05) is 23.1 Å². The van der Waals surface area contributed by atoms with Crippen LogP contribution < -0.4 is 20.7 Å². The Morgan fingerprint density at radius 2 is 0.990 bits per heavy atom. The Kier molecular flexibility index (Phi) is 21.4. The first-order valence-corrected chi connectivity index (χ1v) is 38.8. The fourth-order valence-corrected chi connectivity index (χ4v) is 20.0. The molecule has 23 heteroatoms. The Labute approximate surface area is 583 Å². The summed E-state index contributed by atoms with van der Waals surface area (Å²) in [7, 11) is -9.90. The lowest BCUT2D eigenvalue weighted by Gasteiger charge is -2.34. The number of sulfonamides is 3. The van der Waals surface area contributed by atoms with E-state index in [1.165, 1.54) is 41.2 Å². The summed E-state index contributed by atoms with van der Waals surface area (Å²) in [6.07, 6.45) is 4.23. The van der Waals surface area contributed by atoms with E-state index < -0.39 is 54.1 Å². The number of nitrogens with one attached hydrogen (secondary N) is 3. The normalized spacial score (nSPS) is 16.3. The van der Waals surface area contributed by atoms with Gasteiger partial charge in [0.1, 0.15) is 32.3 Å². The van der Waals surface area contributed by atoms with E-state index in [0.717, 1.165) is 90.9 Å². The molecule has 3 aliphatic rings. The summed E-state index contributed by atoms with van der Waals surface area (Å²) in [6, 6.07) is 64.4. The molecule has 502 valence electrons. The first kappa shape index (κ1) is 68.9. The maximum atomic E-state index is 13.6. The average Bonchev–Trinajstić information content (AvgIpc) is 0.995. The van der Waals surface area contributed by atoms with Crippen molar-refractivity contribution in [1.82, 2.24) is 17.9 Å². The SMILES string of the molecule is CCCCc1ccc(NC(=O)C2Cc3ccccc3CN2S(=O)(=O)c2cccs2)cc1.COc1ccc2nc(NC(=O)C3Cc4ccccc4CN3S(=O)(=O)c3ccc(C)cc3)sc2c1.O=C(Nc1ccccc1-c1ccccc1)C1Cc2ccccc2CN1S(=O)(=O)c1cccs1. The molecular formula is C75H71N7O10S6. The van der Waals surface area contributed by atoms with Crippen LogP contribution in [0.25, 0.3) is 21.3 Å². The molecular weight excluding hydrogens is 1350 g/mol. The summed E-state index contributed by atoms with van der Waals surface area (Å²) in [6.45, 7) is 4.53. The van der Waals surface area contributed by atoms with Gasteiger partial charge in [0.05, 0.1) is 22.2 Å². The van der Waals surface area contributed by atoms with Gasteiger partial charge < -0.3 is 20.7 Å². The number of carbonyl (C=O) groups is 3. The van der Waals surface area contributed by atoms with Crippen molar-refractivity contribution in [2.24, 2.45) is 0 Å². The molecule has 98 heavy (non-hydrogen) atoms. The molecule has 3 atom stereocenters. The highest BCUT2D eigenvalue weighted by molar-refractivity contribution is 7.91. The predicted octanol–water partition coefficient (Wildman–Crippen LogP) is 14.4. The Balaban J connectivity index is 0.000000140. The van der Waals surface area contributed by atoms with Crippen LogP contribution in [0.1, 0.15) is 64.3 Å². The Morgan fingerprint density at radius 3 is 1.50 bits per heavy atom. The summed E-state index contributed by atoms with van der Waals surface area (Å²) in [5, 5.41) is 12.7. The van der Waals surface area contributed by atoms with Crippen LogP contribution in [0.3, 0.4) is 0 Å². The van der Waals surface area contributed by atoms with Gasteiger partial charge in [-0.15, -0.1) is 22.7 Å². The fraction of sp³-hybridized carbons (Fsp3) is 0.200. The van der Waals surface area contributed by atoms with Crippen LogP contribution in [0.5, 0.6) is 5.75 Å². The molecule has 14 rings (SSSR count). The third kappa shape index (κ3) is 15.5. The molecule has 6 heterocycles.